The molecular formula is C19H22O. The van der Waals surface area contributed by atoms with Gasteiger partial charge >= 0.3 is 0 Å². The van der Waals surface area contributed by atoms with E-state index in [1.807, 2.05) is 0 Å². The molecule has 0 spiro atoms. The lowest BCUT2D eigenvalue weighted by atomic mass is 9.71. The molecule has 0 N–H and O–H groups in total. The lowest BCUT2D eigenvalue weighted by molar-refractivity contribution is 0.395. The largest absolute Gasteiger partial charge is 0.497 e. The Bertz CT molecular complexity index is 571. The van der Waals surface area contributed by atoms with Gasteiger partial charge in [0.25, 0.3) is 0 Å². The smallest absolute Gasteiger partial charge is 0.118 e. The Morgan fingerprint density at radius 2 is 1.80 bits per heavy atom. The molecule has 3 rings (SSSR count). The van der Waals surface area contributed by atoms with E-state index in [0.717, 1.165) is 11.7 Å². The van der Waals surface area contributed by atoms with Gasteiger partial charge in [-0.1, -0.05) is 49.7 Å². The highest BCUT2D eigenvalue weighted by Crippen LogP contribution is 2.42. The van der Waals surface area contributed by atoms with Crippen molar-refractivity contribution < 1.29 is 4.74 Å². The van der Waals surface area contributed by atoms with E-state index in [2.05, 4.69) is 55.5 Å². The second-order valence-electron chi connectivity index (χ2n) is 5.66. The molecule has 0 amide bonds. The summed E-state index contributed by atoms with van der Waals surface area (Å²) in [5.74, 6) is 2.22. The number of rotatable bonds is 3. The molecule has 1 aliphatic rings. The van der Waals surface area contributed by atoms with Crippen LogP contribution >= 0.6 is 0 Å². The highest BCUT2D eigenvalue weighted by molar-refractivity contribution is 5.42. The van der Waals surface area contributed by atoms with Crippen molar-refractivity contribution in [2.24, 2.45) is 5.92 Å². The highest BCUT2D eigenvalue weighted by Gasteiger charge is 2.29. The molecule has 1 aliphatic carbocycles. The second kappa shape index (κ2) is 5.70. The normalized spacial score (nSPS) is 21.3. The Balaban J connectivity index is 2.03. The predicted molar refractivity (Wildman–Crippen MR) is 83.4 cm³/mol. The van der Waals surface area contributed by atoms with Crippen LogP contribution in [-0.4, -0.2) is 7.11 Å². The molecule has 2 aromatic rings. The highest BCUT2D eigenvalue weighted by atomic mass is 16.5. The molecule has 20 heavy (non-hydrogen) atoms. The van der Waals surface area contributed by atoms with Gasteiger partial charge in [-0.25, -0.2) is 0 Å². The fraction of sp³-hybridized carbons (Fsp3) is 0.368. The summed E-state index contributed by atoms with van der Waals surface area (Å²) in [5, 5.41) is 0. The van der Waals surface area contributed by atoms with Crippen LogP contribution in [0.4, 0.5) is 0 Å². The summed E-state index contributed by atoms with van der Waals surface area (Å²) in [6.45, 7) is 2.31. The maximum absolute atomic E-state index is 5.28. The zero-order chi connectivity index (χ0) is 13.9. The molecule has 0 fully saturated rings. The predicted octanol–water partition coefficient (Wildman–Crippen LogP) is 4.80. The molecule has 0 saturated carbocycles. The fourth-order valence-electron chi connectivity index (χ4n) is 3.53. The molecule has 2 aromatic carbocycles. The summed E-state index contributed by atoms with van der Waals surface area (Å²) >= 11 is 0. The van der Waals surface area contributed by atoms with Gasteiger partial charge in [0.05, 0.1) is 7.11 Å². The molecule has 0 saturated heterocycles. The van der Waals surface area contributed by atoms with Crippen LogP contribution in [0.3, 0.4) is 0 Å². The summed E-state index contributed by atoms with van der Waals surface area (Å²) in [6.07, 6.45) is 3.76. The molecule has 0 unspecified atom stereocenters. The molecule has 0 bridgehead atoms. The number of hydrogen-bond donors (Lipinski definition) is 0. The molecule has 2 atom stereocenters. The molecular weight excluding hydrogens is 244 g/mol. The minimum absolute atomic E-state index is 0.538. The monoisotopic (exact) mass is 266 g/mol. The van der Waals surface area contributed by atoms with Crippen molar-refractivity contribution in [1.29, 1.82) is 0 Å². The van der Waals surface area contributed by atoms with Crippen molar-refractivity contribution in [2.45, 2.75) is 32.1 Å². The Hall–Kier alpha value is -1.76. The van der Waals surface area contributed by atoms with Crippen LogP contribution in [0.2, 0.25) is 0 Å². The van der Waals surface area contributed by atoms with Crippen molar-refractivity contribution in [3.8, 4) is 5.75 Å². The number of benzene rings is 2. The van der Waals surface area contributed by atoms with Gasteiger partial charge < -0.3 is 4.74 Å². The quantitative estimate of drug-likeness (QED) is 0.775. The van der Waals surface area contributed by atoms with Gasteiger partial charge in [-0.15, -0.1) is 0 Å². The molecule has 104 valence electrons. The zero-order valence-electron chi connectivity index (χ0n) is 12.3. The van der Waals surface area contributed by atoms with Gasteiger partial charge in [-0.05, 0) is 47.6 Å². The van der Waals surface area contributed by atoms with Crippen molar-refractivity contribution in [1.82, 2.24) is 0 Å². The van der Waals surface area contributed by atoms with Crippen LogP contribution in [0.5, 0.6) is 5.75 Å². The molecule has 0 aliphatic heterocycles. The van der Waals surface area contributed by atoms with Crippen LogP contribution < -0.4 is 4.74 Å². The van der Waals surface area contributed by atoms with E-state index in [-0.39, 0.29) is 0 Å². The van der Waals surface area contributed by atoms with E-state index in [9.17, 15) is 0 Å². The average molecular weight is 266 g/mol. The van der Waals surface area contributed by atoms with Crippen molar-refractivity contribution >= 4 is 0 Å². The number of fused-ring (bicyclic) bond motifs is 1. The third-order valence-corrected chi connectivity index (χ3v) is 4.65. The van der Waals surface area contributed by atoms with E-state index in [4.69, 9.17) is 4.74 Å². The maximum atomic E-state index is 5.28. The molecule has 0 aromatic heterocycles. The van der Waals surface area contributed by atoms with Gasteiger partial charge in [-0.3, -0.25) is 0 Å². The van der Waals surface area contributed by atoms with E-state index in [1.54, 1.807) is 7.11 Å². The summed E-state index contributed by atoms with van der Waals surface area (Å²) in [7, 11) is 1.72. The number of ether oxygens (including phenoxy) is 1. The Morgan fingerprint density at radius 1 is 1.05 bits per heavy atom. The fourth-order valence-corrected chi connectivity index (χ4v) is 3.53. The van der Waals surface area contributed by atoms with E-state index in [0.29, 0.717) is 5.92 Å². The number of methoxy groups -OCH3 is 1. The summed E-state index contributed by atoms with van der Waals surface area (Å²) in [4.78, 5) is 0. The van der Waals surface area contributed by atoms with Crippen molar-refractivity contribution in [3.05, 3.63) is 65.2 Å². The first-order valence-electron chi connectivity index (χ1n) is 7.55. The third-order valence-electron chi connectivity index (χ3n) is 4.65. The van der Waals surface area contributed by atoms with E-state index in [1.165, 1.54) is 36.0 Å². The van der Waals surface area contributed by atoms with Crippen LogP contribution in [-0.2, 0) is 6.42 Å². The molecule has 0 radical (unpaired) electrons. The van der Waals surface area contributed by atoms with Gasteiger partial charge in [0.2, 0.25) is 0 Å². The summed E-state index contributed by atoms with van der Waals surface area (Å²) in [6, 6.07) is 17.6. The minimum Gasteiger partial charge on any atom is -0.497 e. The Morgan fingerprint density at radius 3 is 2.50 bits per heavy atom. The van der Waals surface area contributed by atoms with Crippen LogP contribution in [0.15, 0.2) is 48.5 Å². The van der Waals surface area contributed by atoms with Gasteiger partial charge in [-0.2, -0.15) is 0 Å². The molecule has 0 heterocycles. The first kappa shape index (κ1) is 13.2. The van der Waals surface area contributed by atoms with Gasteiger partial charge in [0, 0.05) is 5.92 Å². The van der Waals surface area contributed by atoms with Gasteiger partial charge in [0.15, 0.2) is 0 Å². The number of hydrogen-bond acceptors (Lipinski definition) is 1. The molecule has 1 nitrogen and oxygen atoms in total. The van der Waals surface area contributed by atoms with Crippen molar-refractivity contribution in [2.75, 3.05) is 7.11 Å². The molecule has 1 heteroatoms. The minimum atomic E-state index is 0.538. The summed E-state index contributed by atoms with van der Waals surface area (Å²) in [5.41, 5.74) is 4.47. The third kappa shape index (κ3) is 2.33. The topological polar surface area (TPSA) is 9.23 Å². The SMILES string of the molecule is CC[C@H]1CCc2ccccc2[C@@H]1c1ccc(OC)cc1. The van der Waals surface area contributed by atoms with Crippen LogP contribution in [0.1, 0.15) is 42.4 Å². The lowest BCUT2D eigenvalue weighted by Crippen LogP contribution is -2.21. The average Bonchev–Trinajstić information content (AvgIpc) is 2.54. The van der Waals surface area contributed by atoms with Crippen molar-refractivity contribution in [3.63, 3.8) is 0 Å². The zero-order valence-corrected chi connectivity index (χ0v) is 12.3. The standard InChI is InChI=1S/C19H22O/c1-3-14-8-9-15-6-4-5-7-18(15)19(14)16-10-12-17(20-2)13-11-16/h4-7,10-14,19H,3,8-9H2,1-2H3/t14-,19-/m0/s1. The van der Waals surface area contributed by atoms with Crippen LogP contribution in [0.25, 0.3) is 0 Å². The Kier molecular flexibility index (Phi) is 3.77. The lowest BCUT2D eigenvalue weighted by Gasteiger charge is -2.33. The second-order valence-corrected chi connectivity index (χ2v) is 5.66. The first-order valence-corrected chi connectivity index (χ1v) is 7.55. The maximum Gasteiger partial charge on any atom is 0.118 e. The summed E-state index contributed by atoms with van der Waals surface area (Å²) < 4.78 is 5.28. The van der Waals surface area contributed by atoms with Gasteiger partial charge in [0.1, 0.15) is 5.75 Å². The van der Waals surface area contributed by atoms with E-state index >= 15 is 0 Å². The number of aryl methyl sites for hydroxylation is 1. The van der Waals surface area contributed by atoms with Crippen LogP contribution in [0, 0.1) is 5.92 Å². The Labute approximate surface area is 121 Å². The first-order chi connectivity index (χ1) is 9.83. The van der Waals surface area contributed by atoms with E-state index < -0.39 is 0 Å².